The van der Waals surface area contributed by atoms with Crippen molar-refractivity contribution in [2.45, 2.75) is 26.3 Å². The number of nitrogens with zero attached hydrogens (tertiary/aromatic N) is 1. The molecular formula is C23H21F2N3. The predicted molar refractivity (Wildman–Crippen MR) is 109 cm³/mol. The molecule has 2 N–H and O–H groups in total. The first-order valence-corrected chi connectivity index (χ1v) is 9.37. The Balaban J connectivity index is 1.58. The third-order valence-corrected chi connectivity index (χ3v) is 4.75. The number of hydrogen-bond acceptors (Lipinski definition) is 2. The first-order chi connectivity index (χ1) is 13.6. The maximum Gasteiger partial charge on any atom is 0.138 e. The van der Waals surface area contributed by atoms with Crippen molar-refractivity contribution in [2.75, 3.05) is 5.32 Å². The third-order valence-electron chi connectivity index (χ3n) is 4.75. The summed E-state index contributed by atoms with van der Waals surface area (Å²) >= 11 is 0. The average Bonchev–Trinajstić information content (AvgIpc) is 3.10. The Bertz CT molecular complexity index is 1080. The Morgan fingerprint density at radius 2 is 1.71 bits per heavy atom. The van der Waals surface area contributed by atoms with E-state index in [0.717, 1.165) is 46.8 Å². The van der Waals surface area contributed by atoms with Crippen molar-refractivity contribution in [3.63, 3.8) is 0 Å². The molecule has 5 heteroatoms. The molecule has 0 unspecified atom stereocenters. The molecule has 0 saturated carbocycles. The number of halogens is 2. The zero-order valence-electron chi connectivity index (χ0n) is 15.6. The van der Waals surface area contributed by atoms with E-state index in [1.54, 1.807) is 6.20 Å². The van der Waals surface area contributed by atoms with Crippen LogP contribution in [0.4, 0.5) is 14.5 Å². The minimum absolute atomic E-state index is 0.313. The van der Waals surface area contributed by atoms with Crippen molar-refractivity contribution in [3.05, 3.63) is 83.7 Å². The third kappa shape index (κ3) is 3.88. The van der Waals surface area contributed by atoms with E-state index in [4.69, 9.17) is 0 Å². The fourth-order valence-electron chi connectivity index (χ4n) is 3.40. The summed E-state index contributed by atoms with van der Waals surface area (Å²) in [5.74, 6) is -1.16. The Kier molecular flexibility index (Phi) is 5.06. The van der Waals surface area contributed by atoms with Crippen LogP contribution in [-0.4, -0.2) is 9.97 Å². The van der Waals surface area contributed by atoms with E-state index in [0.29, 0.717) is 12.1 Å². The highest BCUT2D eigenvalue weighted by molar-refractivity contribution is 5.95. The Hall–Kier alpha value is -3.21. The number of fused-ring (bicyclic) bond motifs is 1. The summed E-state index contributed by atoms with van der Waals surface area (Å²) in [4.78, 5) is 7.66. The molecule has 0 spiro atoms. The average molecular weight is 377 g/mol. The molecule has 0 fully saturated rings. The molecular weight excluding hydrogens is 356 g/mol. The molecule has 28 heavy (non-hydrogen) atoms. The number of aromatic amines is 1. The summed E-state index contributed by atoms with van der Waals surface area (Å²) in [6.45, 7) is 2.49. The van der Waals surface area contributed by atoms with Gasteiger partial charge in [-0.05, 0) is 41.3 Å². The van der Waals surface area contributed by atoms with E-state index in [1.807, 2.05) is 12.3 Å². The first kappa shape index (κ1) is 18.2. The standard InChI is InChI=1S/C23H21F2N3/c1-2-3-15-4-6-17(7-5-15)22-14-28-23-21(22)11-20(13-27-23)26-12-16-8-18(24)10-19(25)9-16/h4-11,13-14,26H,2-3,12H2,1H3,(H,27,28). The molecule has 0 atom stereocenters. The number of pyridine rings is 1. The fourth-order valence-corrected chi connectivity index (χ4v) is 3.40. The molecule has 2 aromatic carbocycles. The molecule has 4 aromatic rings. The molecule has 3 nitrogen and oxygen atoms in total. The van der Waals surface area contributed by atoms with Gasteiger partial charge >= 0.3 is 0 Å². The van der Waals surface area contributed by atoms with Gasteiger partial charge in [-0.25, -0.2) is 13.8 Å². The molecule has 0 aliphatic carbocycles. The second kappa shape index (κ2) is 7.80. The maximum atomic E-state index is 13.4. The molecule has 0 radical (unpaired) electrons. The summed E-state index contributed by atoms with van der Waals surface area (Å²) in [5.41, 5.74) is 5.66. The van der Waals surface area contributed by atoms with Gasteiger partial charge in [0.1, 0.15) is 17.3 Å². The van der Waals surface area contributed by atoms with E-state index in [1.165, 1.54) is 17.7 Å². The number of H-pyrrole nitrogens is 1. The lowest BCUT2D eigenvalue weighted by Crippen LogP contribution is -2.01. The van der Waals surface area contributed by atoms with Gasteiger partial charge < -0.3 is 10.3 Å². The van der Waals surface area contributed by atoms with Crippen molar-refractivity contribution in [1.82, 2.24) is 9.97 Å². The van der Waals surface area contributed by atoms with E-state index >= 15 is 0 Å². The number of nitrogens with one attached hydrogen (secondary N) is 2. The van der Waals surface area contributed by atoms with Gasteiger partial charge in [0.25, 0.3) is 0 Å². The molecule has 0 aliphatic rings. The Morgan fingerprint density at radius 3 is 2.43 bits per heavy atom. The number of aromatic nitrogens is 2. The lowest BCUT2D eigenvalue weighted by atomic mass is 10.0. The van der Waals surface area contributed by atoms with Crippen molar-refractivity contribution in [1.29, 1.82) is 0 Å². The summed E-state index contributed by atoms with van der Waals surface area (Å²) < 4.78 is 26.7. The number of aryl methyl sites for hydroxylation is 1. The van der Waals surface area contributed by atoms with Crippen molar-refractivity contribution in [2.24, 2.45) is 0 Å². The Labute approximate surface area is 162 Å². The molecule has 0 amide bonds. The van der Waals surface area contributed by atoms with Crippen LogP contribution in [0, 0.1) is 11.6 Å². The minimum atomic E-state index is -0.579. The SMILES string of the molecule is CCCc1ccc(-c2c[nH]c3ncc(NCc4cc(F)cc(F)c4)cc23)cc1. The lowest BCUT2D eigenvalue weighted by Gasteiger charge is -2.08. The zero-order chi connectivity index (χ0) is 19.5. The Morgan fingerprint density at radius 1 is 0.964 bits per heavy atom. The molecule has 0 bridgehead atoms. The van der Waals surface area contributed by atoms with Crippen LogP contribution in [0.5, 0.6) is 0 Å². The molecule has 4 rings (SSSR count). The van der Waals surface area contributed by atoms with Crippen LogP contribution in [0.15, 0.2) is 60.9 Å². The molecule has 0 aliphatic heterocycles. The quantitative estimate of drug-likeness (QED) is 0.428. The topological polar surface area (TPSA) is 40.7 Å². The van der Waals surface area contributed by atoms with Gasteiger partial charge in [-0.3, -0.25) is 0 Å². The van der Waals surface area contributed by atoms with Gasteiger partial charge in [0, 0.05) is 29.8 Å². The van der Waals surface area contributed by atoms with E-state index in [-0.39, 0.29) is 0 Å². The van der Waals surface area contributed by atoms with Crippen molar-refractivity contribution < 1.29 is 8.78 Å². The largest absolute Gasteiger partial charge is 0.380 e. The van der Waals surface area contributed by atoms with Crippen LogP contribution in [0.25, 0.3) is 22.2 Å². The summed E-state index contributed by atoms with van der Waals surface area (Å²) in [6, 6.07) is 14.1. The van der Waals surface area contributed by atoms with Gasteiger partial charge in [0.15, 0.2) is 0 Å². The van der Waals surface area contributed by atoms with Crippen LogP contribution in [0.3, 0.4) is 0 Å². The second-order valence-corrected chi connectivity index (χ2v) is 6.90. The summed E-state index contributed by atoms with van der Waals surface area (Å²) in [5, 5.41) is 4.19. The van der Waals surface area contributed by atoms with E-state index in [2.05, 4.69) is 46.5 Å². The molecule has 2 aromatic heterocycles. The van der Waals surface area contributed by atoms with Crippen LogP contribution >= 0.6 is 0 Å². The number of anilines is 1. The van der Waals surface area contributed by atoms with Gasteiger partial charge in [0.2, 0.25) is 0 Å². The zero-order valence-corrected chi connectivity index (χ0v) is 15.6. The number of benzene rings is 2. The van der Waals surface area contributed by atoms with Crippen molar-refractivity contribution >= 4 is 16.7 Å². The van der Waals surface area contributed by atoms with E-state index in [9.17, 15) is 8.78 Å². The lowest BCUT2D eigenvalue weighted by molar-refractivity contribution is 0.580. The number of hydrogen-bond donors (Lipinski definition) is 2. The van der Waals surface area contributed by atoms with Gasteiger partial charge in [-0.15, -0.1) is 0 Å². The highest BCUT2D eigenvalue weighted by Crippen LogP contribution is 2.30. The van der Waals surface area contributed by atoms with E-state index < -0.39 is 11.6 Å². The monoisotopic (exact) mass is 377 g/mol. The fraction of sp³-hybridized carbons (Fsp3) is 0.174. The highest BCUT2D eigenvalue weighted by atomic mass is 19.1. The first-order valence-electron chi connectivity index (χ1n) is 9.37. The molecule has 142 valence electrons. The van der Waals surface area contributed by atoms with Crippen molar-refractivity contribution in [3.8, 4) is 11.1 Å². The van der Waals surface area contributed by atoms with Gasteiger partial charge in [-0.1, -0.05) is 37.6 Å². The second-order valence-electron chi connectivity index (χ2n) is 6.90. The van der Waals surface area contributed by atoms with Crippen LogP contribution in [0.2, 0.25) is 0 Å². The maximum absolute atomic E-state index is 13.4. The molecule has 2 heterocycles. The highest BCUT2D eigenvalue weighted by Gasteiger charge is 2.09. The van der Waals surface area contributed by atoms with Gasteiger partial charge in [0.05, 0.1) is 11.9 Å². The smallest absolute Gasteiger partial charge is 0.138 e. The predicted octanol–water partition coefficient (Wildman–Crippen LogP) is 6.07. The minimum Gasteiger partial charge on any atom is -0.380 e. The summed E-state index contributed by atoms with van der Waals surface area (Å²) in [6.07, 6.45) is 5.87. The van der Waals surface area contributed by atoms with Crippen LogP contribution in [0.1, 0.15) is 24.5 Å². The number of rotatable bonds is 6. The van der Waals surface area contributed by atoms with Crippen LogP contribution < -0.4 is 5.32 Å². The summed E-state index contributed by atoms with van der Waals surface area (Å²) in [7, 11) is 0. The van der Waals surface area contributed by atoms with Gasteiger partial charge in [-0.2, -0.15) is 0 Å². The van der Waals surface area contributed by atoms with Crippen LogP contribution in [-0.2, 0) is 13.0 Å². The normalized spacial score (nSPS) is 11.1. The molecule has 0 saturated heterocycles.